The van der Waals surface area contributed by atoms with Crippen LogP contribution in [0.15, 0.2) is 24.8 Å². The van der Waals surface area contributed by atoms with Crippen LogP contribution >= 0.6 is 0 Å². The van der Waals surface area contributed by atoms with Crippen LogP contribution in [-0.4, -0.2) is 57.5 Å². The Hall–Kier alpha value is -1.13. The van der Waals surface area contributed by atoms with Crippen molar-refractivity contribution < 1.29 is 18.8 Å². The van der Waals surface area contributed by atoms with Crippen molar-refractivity contribution in [2.45, 2.75) is 13.0 Å². The van der Waals surface area contributed by atoms with Crippen molar-refractivity contribution in [3.05, 3.63) is 24.8 Å². The quantitative estimate of drug-likeness (QED) is 0.212. The third-order valence-electron chi connectivity index (χ3n) is 1.91. The Morgan fingerprint density at radius 1 is 1.41 bits per heavy atom. The minimum absolute atomic E-state index is 0.265. The maximum atomic E-state index is 11.5. The molecule has 0 rings (SSSR count). The number of hydrogen-bond acceptors (Lipinski definition) is 3. The molecule has 0 aromatic carbocycles. The van der Waals surface area contributed by atoms with Crippen LogP contribution in [0.3, 0.4) is 0 Å². The molecule has 17 heavy (non-hydrogen) atoms. The fraction of sp³-hybridized carbons (Fsp3) is 0.615. The third-order valence-corrected chi connectivity index (χ3v) is 1.91. The van der Waals surface area contributed by atoms with Gasteiger partial charge in [-0.2, -0.15) is 0 Å². The van der Waals surface area contributed by atoms with Gasteiger partial charge in [0, 0.05) is 5.57 Å². The molecule has 98 valence electrons. The second-order valence-electron chi connectivity index (χ2n) is 5.11. The standard InChI is InChI=1S/C13H24NO3/c1-7-8-16-10-12(9-14(4,5)6)17-13(15)11(2)3/h7,12H,1-2,8-10H2,3-6H3/q+1. The number of ether oxygens (including phenoxy) is 2. The average Bonchev–Trinajstić information content (AvgIpc) is 2.15. The molecule has 0 aromatic heterocycles. The van der Waals surface area contributed by atoms with Gasteiger partial charge in [-0.1, -0.05) is 12.7 Å². The first-order valence-electron chi connectivity index (χ1n) is 5.62. The van der Waals surface area contributed by atoms with Crippen molar-refractivity contribution >= 4 is 5.97 Å². The van der Waals surface area contributed by atoms with Crippen LogP contribution in [0.1, 0.15) is 6.92 Å². The molecule has 4 nitrogen and oxygen atoms in total. The van der Waals surface area contributed by atoms with Gasteiger partial charge in [0.1, 0.15) is 6.54 Å². The van der Waals surface area contributed by atoms with Crippen molar-refractivity contribution in [3.8, 4) is 0 Å². The van der Waals surface area contributed by atoms with Crippen molar-refractivity contribution in [3.63, 3.8) is 0 Å². The number of likely N-dealkylation sites (N-methyl/N-ethyl adjacent to an activating group) is 1. The van der Waals surface area contributed by atoms with E-state index in [2.05, 4.69) is 13.2 Å². The van der Waals surface area contributed by atoms with Gasteiger partial charge in [0.05, 0.1) is 34.4 Å². The van der Waals surface area contributed by atoms with Gasteiger partial charge in [-0.15, -0.1) is 6.58 Å². The first-order chi connectivity index (χ1) is 7.76. The van der Waals surface area contributed by atoms with Gasteiger partial charge in [-0.3, -0.25) is 0 Å². The van der Waals surface area contributed by atoms with Gasteiger partial charge < -0.3 is 14.0 Å². The summed E-state index contributed by atoms with van der Waals surface area (Å²) in [5, 5.41) is 0. The molecule has 1 unspecified atom stereocenters. The first-order valence-corrected chi connectivity index (χ1v) is 5.62. The highest BCUT2D eigenvalue weighted by Gasteiger charge is 2.22. The van der Waals surface area contributed by atoms with Crippen molar-refractivity contribution in [1.82, 2.24) is 0 Å². The molecule has 0 fully saturated rings. The highest BCUT2D eigenvalue weighted by Crippen LogP contribution is 2.04. The lowest BCUT2D eigenvalue weighted by Crippen LogP contribution is -2.44. The highest BCUT2D eigenvalue weighted by atomic mass is 16.6. The molecule has 0 N–H and O–H groups in total. The lowest BCUT2D eigenvalue weighted by atomic mass is 10.3. The number of quaternary nitrogens is 1. The minimum atomic E-state index is -0.370. The number of rotatable bonds is 8. The van der Waals surface area contributed by atoms with E-state index in [1.165, 1.54) is 0 Å². The molecule has 0 heterocycles. The molecule has 0 radical (unpaired) electrons. The second-order valence-corrected chi connectivity index (χ2v) is 5.11. The summed E-state index contributed by atoms with van der Waals surface area (Å²) in [6, 6.07) is 0. The maximum Gasteiger partial charge on any atom is 0.333 e. The molecule has 0 amide bonds. The normalized spacial score (nSPS) is 12.9. The zero-order chi connectivity index (χ0) is 13.5. The Kier molecular flexibility index (Phi) is 6.76. The summed E-state index contributed by atoms with van der Waals surface area (Å²) in [4.78, 5) is 11.5. The summed E-state index contributed by atoms with van der Waals surface area (Å²) in [5.41, 5.74) is 0.403. The molecule has 0 aliphatic carbocycles. The first kappa shape index (κ1) is 15.9. The predicted molar refractivity (Wildman–Crippen MR) is 68.6 cm³/mol. The van der Waals surface area contributed by atoms with E-state index >= 15 is 0 Å². The number of nitrogens with zero attached hydrogens (tertiary/aromatic N) is 1. The Morgan fingerprint density at radius 2 is 2.00 bits per heavy atom. The SMILES string of the molecule is C=CCOCC(C[N+](C)(C)C)OC(=O)C(=C)C. The summed E-state index contributed by atoms with van der Waals surface area (Å²) in [6.07, 6.45) is 1.41. The van der Waals surface area contributed by atoms with Crippen LogP contribution in [0.25, 0.3) is 0 Å². The topological polar surface area (TPSA) is 35.5 Å². The van der Waals surface area contributed by atoms with Crippen LogP contribution in [0.4, 0.5) is 0 Å². The summed E-state index contributed by atoms with van der Waals surface area (Å²) in [6.45, 7) is 10.3. The molecule has 0 aromatic rings. The van der Waals surface area contributed by atoms with Crippen molar-refractivity contribution in [2.24, 2.45) is 0 Å². The summed E-state index contributed by atoms with van der Waals surface area (Å²) < 4.78 is 11.4. The van der Waals surface area contributed by atoms with E-state index < -0.39 is 0 Å². The molecule has 0 bridgehead atoms. The van der Waals surface area contributed by atoms with E-state index in [4.69, 9.17) is 9.47 Å². The number of esters is 1. The molecule has 0 spiro atoms. The lowest BCUT2D eigenvalue weighted by molar-refractivity contribution is -0.873. The Balaban J connectivity index is 4.34. The molecule has 1 atom stereocenters. The average molecular weight is 242 g/mol. The van der Waals surface area contributed by atoms with Crippen LogP contribution in [0, 0.1) is 0 Å². The van der Waals surface area contributed by atoms with Crippen molar-refractivity contribution in [1.29, 1.82) is 0 Å². The van der Waals surface area contributed by atoms with E-state index in [1.54, 1.807) is 13.0 Å². The van der Waals surface area contributed by atoms with Gasteiger partial charge in [0.25, 0.3) is 0 Å². The smallest absolute Gasteiger partial charge is 0.333 e. The molecule has 0 saturated heterocycles. The zero-order valence-electron chi connectivity index (χ0n) is 11.4. The van der Waals surface area contributed by atoms with E-state index in [9.17, 15) is 4.79 Å². The monoisotopic (exact) mass is 242 g/mol. The Morgan fingerprint density at radius 3 is 2.41 bits per heavy atom. The molecule has 0 saturated carbocycles. The van der Waals surface area contributed by atoms with Gasteiger partial charge in [0.2, 0.25) is 0 Å². The van der Waals surface area contributed by atoms with Crippen LogP contribution in [0.2, 0.25) is 0 Å². The summed E-state index contributed by atoms with van der Waals surface area (Å²) in [7, 11) is 6.11. The van der Waals surface area contributed by atoms with E-state index in [0.29, 0.717) is 29.8 Å². The number of carbonyl (C=O) groups excluding carboxylic acids is 1. The van der Waals surface area contributed by atoms with Gasteiger partial charge in [0.15, 0.2) is 6.10 Å². The van der Waals surface area contributed by atoms with E-state index in [1.807, 2.05) is 21.1 Å². The summed E-state index contributed by atoms with van der Waals surface area (Å²) >= 11 is 0. The minimum Gasteiger partial charge on any atom is -0.451 e. The molecule has 0 aliphatic heterocycles. The zero-order valence-corrected chi connectivity index (χ0v) is 11.4. The number of hydrogen-bond donors (Lipinski definition) is 0. The molecular formula is C13H24NO3+. The van der Waals surface area contributed by atoms with E-state index in [-0.39, 0.29) is 12.1 Å². The Bertz CT molecular complexity index is 279. The van der Waals surface area contributed by atoms with Gasteiger partial charge >= 0.3 is 5.97 Å². The van der Waals surface area contributed by atoms with Crippen LogP contribution in [0.5, 0.6) is 0 Å². The molecule has 0 aliphatic rings. The van der Waals surface area contributed by atoms with Crippen LogP contribution in [-0.2, 0) is 14.3 Å². The van der Waals surface area contributed by atoms with Crippen LogP contribution < -0.4 is 0 Å². The highest BCUT2D eigenvalue weighted by molar-refractivity contribution is 5.87. The summed E-state index contributed by atoms with van der Waals surface area (Å²) in [5.74, 6) is -0.370. The van der Waals surface area contributed by atoms with Gasteiger partial charge in [-0.25, -0.2) is 4.79 Å². The largest absolute Gasteiger partial charge is 0.451 e. The third kappa shape index (κ3) is 8.65. The molecular weight excluding hydrogens is 218 g/mol. The predicted octanol–water partition coefficient (Wildman–Crippen LogP) is 1.38. The van der Waals surface area contributed by atoms with Crippen molar-refractivity contribution in [2.75, 3.05) is 40.9 Å². The van der Waals surface area contributed by atoms with Gasteiger partial charge in [-0.05, 0) is 6.92 Å². The second kappa shape index (κ2) is 7.25. The molecule has 4 heteroatoms. The fourth-order valence-corrected chi connectivity index (χ4v) is 1.27. The number of carbonyl (C=O) groups is 1. The fourth-order valence-electron chi connectivity index (χ4n) is 1.27. The maximum absolute atomic E-state index is 11.5. The van der Waals surface area contributed by atoms with E-state index in [0.717, 1.165) is 0 Å². The lowest BCUT2D eigenvalue weighted by Gasteiger charge is -2.28. The Labute approximate surface area is 104 Å².